The summed E-state index contributed by atoms with van der Waals surface area (Å²) in [6.07, 6.45) is 1.63. The lowest BCUT2D eigenvalue weighted by Gasteiger charge is -1.94. The number of hydrogen-bond donors (Lipinski definition) is 2. The molecule has 0 aromatic carbocycles. The first-order chi connectivity index (χ1) is 6.68. The highest BCUT2D eigenvalue weighted by Gasteiger charge is 2.17. The van der Waals surface area contributed by atoms with E-state index in [1.807, 2.05) is 16.8 Å². The van der Waals surface area contributed by atoms with Gasteiger partial charge in [-0.3, -0.25) is 0 Å². The third kappa shape index (κ3) is 1.59. The van der Waals surface area contributed by atoms with Crippen molar-refractivity contribution in [3.8, 4) is 5.69 Å². The van der Waals surface area contributed by atoms with Crippen molar-refractivity contribution in [3.63, 3.8) is 0 Å². The van der Waals surface area contributed by atoms with Crippen LogP contribution in [0.15, 0.2) is 23.0 Å². The molecule has 0 saturated heterocycles. The fraction of sp³-hybridized carbons (Fsp3) is 0.125. The minimum Gasteiger partial charge on any atom is -0.423 e. The summed E-state index contributed by atoms with van der Waals surface area (Å²) in [5.74, 6) is 0. The van der Waals surface area contributed by atoms with Crippen LogP contribution in [0.25, 0.3) is 5.69 Å². The highest BCUT2D eigenvalue weighted by molar-refractivity contribution is 7.08. The van der Waals surface area contributed by atoms with E-state index in [0.29, 0.717) is 11.2 Å². The summed E-state index contributed by atoms with van der Waals surface area (Å²) in [6.45, 7) is 1.75. The van der Waals surface area contributed by atoms with Gasteiger partial charge in [-0.2, -0.15) is 16.4 Å². The predicted molar refractivity (Wildman–Crippen MR) is 56.0 cm³/mol. The van der Waals surface area contributed by atoms with E-state index in [2.05, 4.69) is 5.10 Å². The van der Waals surface area contributed by atoms with E-state index in [-0.39, 0.29) is 0 Å². The van der Waals surface area contributed by atoms with E-state index < -0.39 is 7.12 Å². The van der Waals surface area contributed by atoms with Crippen molar-refractivity contribution in [2.45, 2.75) is 6.92 Å². The zero-order chi connectivity index (χ0) is 10.1. The second kappa shape index (κ2) is 3.57. The molecule has 2 aromatic heterocycles. The van der Waals surface area contributed by atoms with Gasteiger partial charge in [0, 0.05) is 17.0 Å². The van der Waals surface area contributed by atoms with Crippen LogP contribution in [0.5, 0.6) is 0 Å². The third-order valence-corrected chi connectivity index (χ3v) is 2.66. The van der Waals surface area contributed by atoms with Gasteiger partial charge in [-0.05, 0) is 18.4 Å². The van der Waals surface area contributed by atoms with Gasteiger partial charge in [0.15, 0.2) is 0 Å². The molecule has 0 saturated carbocycles. The highest BCUT2D eigenvalue weighted by atomic mass is 32.1. The molecule has 0 amide bonds. The van der Waals surface area contributed by atoms with Crippen molar-refractivity contribution < 1.29 is 10.0 Å². The largest absolute Gasteiger partial charge is 0.491 e. The van der Waals surface area contributed by atoms with E-state index in [9.17, 15) is 0 Å². The molecule has 72 valence electrons. The molecule has 2 rings (SSSR count). The molecule has 0 unspecified atom stereocenters. The molecule has 0 atom stereocenters. The normalized spacial score (nSPS) is 10.5. The average Bonchev–Trinajstić information content (AvgIpc) is 2.70. The number of rotatable bonds is 2. The Labute approximate surface area is 85.6 Å². The lowest BCUT2D eigenvalue weighted by atomic mass is 9.81. The van der Waals surface area contributed by atoms with Gasteiger partial charge >= 0.3 is 7.12 Å². The summed E-state index contributed by atoms with van der Waals surface area (Å²) < 4.78 is 1.64. The molecule has 0 aliphatic carbocycles. The second-order valence-electron chi connectivity index (χ2n) is 2.97. The van der Waals surface area contributed by atoms with Gasteiger partial charge < -0.3 is 10.0 Å². The summed E-state index contributed by atoms with van der Waals surface area (Å²) in [5.41, 5.74) is 2.01. The minimum absolute atomic E-state index is 0.441. The number of hydrogen-bond acceptors (Lipinski definition) is 4. The van der Waals surface area contributed by atoms with Gasteiger partial charge in [0.2, 0.25) is 0 Å². The smallest absolute Gasteiger partial charge is 0.423 e. The topological polar surface area (TPSA) is 58.3 Å². The van der Waals surface area contributed by atoms with Crippen molar-refractivity contribution in [1.29, 1.82) is 0 Å². The molecule has 0 aliphatic heterocycles. The zero-order valence-corrected chi connectivity index (χ0v) is 8.40. The molecular weight excluding hydrogens is 199 g/mol. The van der Waals surface area contributed by atoms with Crippen LogP contribution < -0.4 is 5.46 Å². The molecule has 0 aliphatic rings. The van der Waals surface area contributed by atoms with Gasteiger partial charge in [-0.25, -0.2) is 4.68 Å². The van der Waals surface area contributed by atoms with Gasteiger partial charge in [0.05, 0.1) is 11.4 Å². The van der Waals surface area contributed by atoms with Crippen LogP contribution in [-0.4, -0.2) is 26.9 Å². The van der Waals surface area contributed by atoms with Crippen molar-refractivity contribution in [2.75, 3.05) is 0 Å². The molecule has 0 fully saturated rings. The maximum atomic E-state index is 9.02. The Hall–Kier alpha value is -1.11. The van der Waals surface area contributed by atoms with Gasteiger partial charge in [0.25, 0.3) is 0 Å². The van der Waals surface area contributed by atoms with Crippen LogP contribution >= 0.6 is 11.3 Å². The molecule has 0 radical (unpaired) electrons. The summed E-state index contributed by atoms with van der Waals surface area (Å²) in [6, 6.07) is 1.92. The summed E-state index contributed by atoms with van der Waals surface area (Å²) in [4.78, 5) is 0. The first-order valence-corrected chi connectivity index (χ1v) is 5.07. The molecule has 2 N–H and O–H groups in total. The molecule has 2 heterocycles. The fourth-order valence-electron chi connectivity index (χ4n) is 1.25. The fourth-order valence-corrected chi connectivity index (χ4v) is 1.87. The van der Waals surface area contributed by atoms with Crippen molar-refractivity contribution >= 4 is 23.9 Å². The van der Waals surface area contributed by atoms with E-state index in [0.717, 1.165) is 5.69 Å². The van der Waals surface area contributed by atoms with Crippen LogP contribution in [0, 0.1) is 6.92 Å². The molecular formula is C8H9BN2O2S. The van der Waals surface area contributed by atoms with Crippen LogP contribution in [-0.2, 0) is 0 Å². The Morgan fingerprint density at radius 2 is 2.29 bits per heavy atom. The maximum Gasteiger partial charge on any atom is 0.491 e. The monoisotopic (exact) mass is 208 g/mol. The maximum absolute atomic E-state index is 9.02. The Kier molecular flexibility index (Phi) is 2.41. The first kappa shape index (κ1) is 9.45. The van der Waals surface area contributed by atoms with Crippen LogP contribution in [0.1, 0.15) is 5.69 Å². The van der Waals surface area contributed by atoms with Crippen molar-refractivity contribution in [3.05, 3.63) is 28.7 Å². The Morgan fingerprint density at radius 1 is 1.50 bits per heavy atom. The Bertz CT molecular complexity index is 424. The Morgan fingerprint density at radius 3 is 2.79 bits per heavy atom. The van der Waals surface area contributed by atoms with Crippen molar-refractivity contribution in [1.82, 2.24) is 9.78 Å². The summed E-state index contributed by atoms with van der Waals surface area (Å²) in [7, 11) is -1.46. The number of aryl methyl sites for hydroxylation is 1. The second-order valence-corrected chi connectivity index (χ2v) is 3.75. The summed E-state index contributed by atoms with van der Waals surface area (Å²) in [5, 5.41) is 26.1. The lowest BCUT2D eigenvalue weighted by molar-refractivity contribution is 0.425. The number of thiophene rings is 1. The SMILES string of the molecule is Cc1nn(-c2ccsc2)cc1B(O)O. The van der Waals surface area contributed by atoms with Gasteiger partial charge in [-0.15, -0.1) is 0 Å². The number of aromatic nitrogens is 2. The minimum atomic E-state index is -1.46. The van der Waals surface area contributed by atoms with Crippen molar-refractivity contribution in [2.24, 2.45) is 0 Å². The quantitative estimate of drug-likeness (QED) is 0.678. The predicted octanol–water partition coefficient (Wildman–Crippen LogP) is -0.0780. The van der Waals surface area contributed by atoms with E-state index in [4.69, 9.17) is 10.0 Å². The summed E-state index contributed by atoms with van der Waals surface area (Å²) >= 11 is 1.57. The van der Waals surface area contributed by atoms with Crippen LogP contribution in [0.3, 0.4) is 0 Å². The molecule has 14 heavy (non-hydrogen) atoms. The van der Waals surface area contributed by atoms with E-state index >= 15 is 0 Å². The third-order valence-electron chi connectivity index (χ3n) is 1.99. The lowest BCUT2D eigenvalue weighted by Crippen LogP contribution is -2.30. The average molecular weight is 208 g/mol. The van der Waals surface area contributed by atoms with Crippen LogP contribution in [0.4, 0.5) is 0 Å². The Balaban J connectivity index is 2.43. The van der Waals surface area contributed by atoms with E-state index in [1.54, 1.807) is 29.1 Å². The molecule has 0 bridgehead atoms. The molecule has 0 spiro atoms. The van der Waals surface area contributed by atoms with Crippen LogP contribution in [0.2, 0.25) is 0 Å². The molecule has 4 nitrogen and oxygen atoms in total. The zero-order valence-electron chi connectivity index (χ0n) is 7.58. The molecule has 6 heteroatoms. The standard InChI is InChI=1S/C8H9BN2O2S/c1-6-8(9(12)13)4-11(10-6)7-2-3-14-5-7/h2-5,12-13H,1H3. The molecule has 2 aromatic rings. The first-order valence-electron chi connectivity index (χ1n) is 4.13. The van der Waals surface area contributed by atoms with E-state index in [1.165, 1.54) is 0 Å². The highest BCUT2D eigenvalue weighted by Crippen LogP contribution is 2.10. The van der Waals surface area contributed by atoms with Gasteiger partial charge in [-0.1, -0.05) is 0 Å². The number of nitrogens with zero attached hydrogens (tertiary/aromatic N) is 2. The van der Waals surface area contributed by atoms with Gasteiger partial charge in [0.1, 0.15) is 0 Å².